The highest BCUT2D eigenvalue weighted by Crippen LogP contribution is 2.36. The molecule has 19 heavy (non-hydrogen) atoms. The summed E-state index contributed by atoms with van der Waals surface area (Å²) in [7, 11) is 0. The van der Waals surface area contributed by atoms with Crippen LogP contribution in [-0.2, 0) is 6.42 Å². The van der Waals surface area contributed by atoms with Crippen LogP contribution in [0.3, 0.4) is 0 Å². The number of hydrogen-bond donors (Lipinski definition) is 2. The number of fused-ring (bicyclic) bond motifs is 3. The molecule has 0 bridgehead atoms. The van der Waals surface area contributed by atoms with Gasteiger partial charge in [0.1, 0.15) is 0 Å². The van der Waals surface area contributed by atoms with Gasteiger partial charge in [-0.3, -0.25) is 0 Å². The Morgan fingerprint density at radius 1 is 1.16 bits per heavy atom. The van der Waals surface area contributed by atoms with Gasteiger partial charge in [0.05, 0.1) is 9.83 Å². The molecule has 2 N–H and O–H groups in total. The van der Waals surface area contributed by atoms with E-state index in [9.17, 15) is 0 Å². The highest BCUT2D eigenvalue weighted by atomic mass is 79.9. The number of aromatic nitrogens is 1. The van der Waals surface area contributed by atoms with E-state index in [-0.39, 0.29) is 0 Å². The normalized spacial score (nSPS) is 18.7. The molecule has 0 amide bonds. The second-order valence-corrected chi connectivity index (χ2v) is 7.34. The summed E-state index contributed by atoms with van der Waals surface area (Å²) >= 11 is 5.36. The summed E-state index contributed by atoms with van der Waals surface area (Å²) in [4.78, 5) is 4.96. The van der Waals surface area contributed by atoms with Gasteiger partial charge in [0, 0.05) is 28.0 Å². The monoisotopic (exact) mass is 332 g/mol. The largest absolute Gasteiger partial charge is 0.357 e. The van der Waals surface area contributed by atoms with Crippen molar-refractivity contribution in [2.75, 3.05) is 6.54 Å². The zero-order chi connectivity index (χ0) is 12.8. The van der Waals surface area contributed by atoms with Crippen molar-refractivity contribution in [2.24, 2.45) is 0 Å². The summed E-state index contributed by atoms with van der Waals surface area (Å²) < 4.78 is 1.19. The van der Waals surface area contributed by atoms with Crippen LogP contribution in [0.4, 0.5) is 0 Å². The predicted octanol–water partition coefficient (Wildman–Crippen LogP) is 4.23. The molecule has 96 valence electrons. The molecule has 0 spiro atoms. The van der Waals surface area contributed by atoms with Gasteiger partial charge in [0.25, 0.3) is 0 Å². The van der Waals surface area contributed by atoms with Crippen molar-refractivity contribution in [3.63, 3.8) is 0 Å². The van der Waals surface area contributed by atoms with Gasteiger partial charge < -0.3 is 10.3 Å². The first-order valence-corrected chi connectivity index (χ1v) is 8.02. The maximum absolute atomic E-state index is 3.62. The van der Waals surface area contributed by atoms with E-state index >= 15 is 0 Å². The Kier molecular flexibility index (Phi) is 2.76. The fraction of sp³-hybridized carbons (Fsp3) is 0.200. The van der Waals surface area contributed by atoms with E-state index in [1.54, 1.807) is 11.3 Å². The zero-order valence-corrected chi connectivity index (χ0v) is 12.6. The van der Waals surface area contributed by atoms with Crippen LogP contribution in [0.2, 0.25) is 0 Å². The first kappa shape index (κ1) is 11.7. The minimum absolute atomic E-state index is 0.299. The number of thiophene rings is 1. The Hall–Kier alpha value is -1.10. The highest BCUT2D eigenvalue weighted by molar-refractivity contribution is 9.11. The Bertz CT molecular complexity index is 744. The molecule has 0 saturated heterocycles. The Morgan fingerprint density at radius 2 is 2.05 bits per heavy atom. The highest BCUT2D eigenvalue weighted by Gasteiger charge is 2.25. The maximum Gasteiger partial charge on any atom is 0.0826 e. The summed E-state index contributed by atoms with van der Waals surface area (Å²) in [6.45, 7) is 1.04. The van der Waals surface area contributed by atoms with Crippen LogP contribution in [0.15, 0.2) is 40.2 Å². The van der Waals surface area contributed by atoms with E-state index in [0.29, 0.717) is 6.04 Å². The standard InChI is InChI=1S/C15H13BrN2S/c16-13-6-5-12(19-13)15-14-10(7-8-17-15)9-3-1-2-4-11(9)18-14/h1-6,15,17-18H,7-8H2. The molecule has 2 aromatic heterocycles. The number of benzene rings is 1. The summed E-state index contributed by atoms with van der Waals surface area (Å²) in [5.41, 5.74) is 4.06. The molecule has 4 rings (SSSR count). The number of aromatic amines is 1. The van der Waals surface area contributed by atoms with Crippen LogP contribution >= 0.6 is 27.3 Å². The van der Waals surface area contributed by atoms with E-state index in [4.69, 9.17) is 0 Å². The predicted molar refractivity (Wildman–Crippen MR) is 83.9 cm³/mol. The molecule has 3 aromatic rings. The van der Waals surface area contributed by atoms with Crippen LogP contribution in [0, 0.1) is 0 Å². The molecule has 0 fully saturated rings. The van der Waals surface area contributed by atoms with E-state index in [2.05, 4.69) is 62.6 Å². The second kappa shape index (κ2) is 4.47. The summed E-state index contributed by atoms with van der Waals surface area (Å²) in [5, 5.41) is 5.00. The Morgan fingerprint density at radius 3 is 2.89 bits per heavy atom. The lowest BCUT2D eigenvalue weighted by molar-refractivity contribution is 0.567. The van der Waals surface area contributed by atoms with Gasteiger partial charge in [-0.05, 0) is 46.1 Å². The molecule has 1 aliphatic heterocycles. The quantitative estimate of drug-likeness (QED) is 0.685. The fourth-order valence-electron chi connectivity index (χ4n) is 2.91. The van der Waals surface area contributed by atoms with E-state index in [0.717, 1.165) is 13.0 Å². The van der Waals surface area contributed by atoms with Crippen LogP contribution in [0.1, 0.15) is 22.2 Å². The smallest absolute Gasteiger partial charge is 0.0826 e. The van der Waals surface area contributed by atoms with Crippen LogP contribution < -0.4 is 5.32 Å². The average Bonchev–Trinajstić information content (AvgIpc) is 3.02. The van der Waals surface area contributed by atoms with Crippen molar-refractivity contribution in [3.8, 4) is 0 Å². The van der Waals surface area contributed by atoms with Gasteiger partial charge in [0.15, 0.2) is 0 Å². The molecule has 1 atom stereocenters. The molecule has 0 saturated carbocycles. The number of hydrogen-bond acceptors (Lipinski definition) is 2. The molecule has 3 heterocycles. The van der Waals surface area contributed by atoms with Gasteiger partial charge >= 0.3 is 0 Å². The van der Waals surface area contributed by atoms with Crippen molar-refractivity contribution in [1.29, 1.82) is 0 Å². The van der Waals surface area contributed by atoms with Crippen LogP contribution in [0.25, 0.3) is 10.9 Å². The molecular weight excluding hydrogens is 320 g/mol. The molecule has 2 nitrogen and oxygen atoms in total. The zero-order valence-electron chi connectivity index (χ0n) is 10.2. The summed E-state index contributed by atoms with van der Waals surface area (Å²) in [6.07, 6.45) is 1.10. The summed E-state index contributed by atoms with van der Waals surface area (Å²) in [6, 6.07) is 13.2. The Labute approximate surface area is 124 Å². The van der Waals surface area contributed by atoms with Gasteiger partial charge in [0.2, 0.25) is 0 Å². The molecule has 0 aliphatic carbocycles. The number of halogens is 1. The third-order valence-corrected chi connectivity index (χ3v) is 5.43. The maximum atomic E-state index is 3.62. The fourth-order valence-corrected chi connectivity index (χ4v) is 4.42. The van der Waals surface area contributed by atoms with Crippen molar-refractivity contribution in [1.82, 2.24) is 10.3 Å². The third kappa shape index (κ3) is 1.86. The average molecular weight is 333 g/mol. The summed E-state index contributed by atoms with van der Waals surface area (Å²) in [5.74, 6) is 0. The molecule has 1 aliphatic rings. The Balaban J connectivity index is 1.90. The number of H-pyrrole nitrogens is 1. The van der Waals surface area contributed by atoms with E-state index in [1.807, 2.05) is 0 Å². The van der Waals surface area contributed by atoms with Gasteiger partial charge in [-0.1, -0.05) is 18.2 Å². The number of nitrogens with one attached hydrogen (secondary N) is 2. The molecule has 0 radical (unpaired) electrons. The molecular formula is C15H13BrN2S. The second-order valence-electron chi connectivity index (χ2n) is 4.84. The molecule has 1 aromatic carbocycles. The first-order chi connectivity index (χ1) is 9.33. The third-order valence-electron chi connectivity index (χ3n) is 3.74. The van der Waals surface area contributed by atoms with Gasteiger partial charge in [-0.15, -0.1) is 11.3 Å². The SMILES string of the molecule is Brc1ccc(C2NCCc3c2[nH]c2ccccc32)s1. The topological polar surface area (TPSA) is 27.8 Å². The lowest BCUT2D eigenvalue weighted by atomic mass is 9.98. The van der Waals surface area contributed by atoms with Crippen molar-refractivity contribution in [2.45, 2.75) is 12.5 Å². The van der Waals surface area contributed by atoms with Gasteiger partial charge in [-0.25, -0.2) is 0 Å². The van der Waals surface area contributed by atoms with Crippen molar-refractivity contribution in [3.05, 3.63) is 56.3 Å². The van der Waals surface area contributed by atoms with Crippen LogP contribution in [0.5, 0.6) is 0 Å². The van der Waals surface area contributed by atoms with Crippen molar-refractivity contribution < 1.29 is 0 Å². The number of rotatable bonds is 1. The van der Waals surface area contributed by atoms with Crippen LogP contribution in [-0.4, -0.2) is 11.5 Å². The van der Waals surface area contributed by atoms with E-state index < -0.39 is 0 Å². The number of para-hydroxylation sites is 1. The van der Waals surface area contributed by atoms with E-state index in [1.165, 1.54) is 30.8 Å². The van der Waals surface area contributed by atoms with Crippen molar-refractivity contribution >= 4 is 38.2 Å². The molecule has 4 heteroatoms. The minimum Gasteiger partial charge on any atom is -0.357 e. The lowest BCUT2D eigenvalue weighted by Crippen LogP contribution is -2.29. The first-order valence-electron chi connectivity index (χ1n) is 6.41. The van der Waals surface area contributed by atoms with Gasteiger partial charge in [-0.2, -0.15) is 0 Å². The lowest BCUT2D eigenvalue weighted by Gasteiger charge is -2.23. The minimum atomic E-state index is 0.299. The molecule has 1 unspecified atom stereocenters.